The molecule has 1 aromatic heterocycles. The van der Waals surface area contributed by atoms with E-state index in [2.05, 4.69) is 23.2 Å². The maximum absolute atomic E-state index is 5.56. The number of benzene rings is 1. The molecule has 2 aromatic rings. The molecule has 0 saturated carbocycles. The molecule has 0 bridgehead atoms. The van der Waals surface area contributed by atoms with Gasteiger partial charge >= 0.3 is 6.01 Å². The summed E-state index contributed by atoms with van der Waals surface area (Å²) in [6.07, 6.45) is 0. The minimum atomic E-state index is 0.523. The normalized spacial score (nSPS) is 10.5. The number of hydrogen-bond acceptors (Lipinski definition) is 4. The van der Waals surface area contributed by atoms with E-state index in [0.29, 0.717) is 11.9 Å². The van der Waals surface area contributed by atoms with Crippen molar-refractivity contribution in [2.24, 2.45) is 0 Å². The first-order valence-electron chi connectivity index (χ1n) is 5.16. The van der Waals surface area contributed by atoms with Crippen LogP contribution in [0.2, 0.25) is 0 Å². The van der Waals surface area contributed by atoms with Gasteiger partial charge < -0.3 is 9.32 Å². The SMILES string of the molecule is Cc1ccc(-c2nnc(N(C)C)o2)c(C)c1. The molecule has 0 atom stereocenters. The molecule has 0 aliphatic heterocycles. The molecular weight excluding hydrogens is 202 g/mol. The summed E-state index contributed by atoms with van der Waals surface area (Å²) in [5.41, 5.74) is 3.37. The first kappa shape index (κ1) is 10.7. The lowest BCUT2D eigenvalue weighted by atomic mass is 10.1. The van der Waals surface area contributed by atoms with E-state index in [0.717, 1.165) is 11.1 Å². The van der Waals surface area contributed by atoms with Crippen molar-refractivity contribution in [1.82, 2.24) is 10.2 Å². The zero-order chi connectivity index (χ0) is 11.7. The van der Waals surface area contributed by atoms with Gasteiger partial charge in [0.2, 0.25) is 5.89 Å². The number of aryl methyl sites for hydroxylation is 2. The van der Waals surface area contributed by atoms with Gasteiger partial charge in [-0.1, -0.05) is 22.8 Å². The van der Waals surface area contributed by atoms with Crippen molar-refractivity contribution in [1.29, 1.82) is 0 Å². The zero-order valence-electron chi connectivity index (χ0n) is 9.98. The summed E-state index contributed by atoms with van der Waals surface area (Å²) in [6.45, 7) is 4.11. The molecule has 1 heterocycles. The third-order valence-electron chi connectivity index (χ3n) is 2.41. The van der Waals surface area contributed by atoms with Gasteiger partial charge in [-0.25, -0.2) is 0 Å². The molecule has 0 aliphatic rings. The van der Waals surface area contributed by atoms with Gasteiger partial charge in [0, 0.05) is 19.7 Å². The van der Waals surface area contributed by atoms with Gasteiger partial charge in [-0.2, -0.15) is 0 Å². The quantitative estimate of drug-likeness (QED) is 0.774. The van der Waals surface area contributed by atoms with Gasteiger partial charge in [-0.15, -0.1) is 5.10 Å². The highest BCUT2D eigenvalue weighted by molar-refractivity contribution is 5.59. The van der Waals surface area contributed by atoms with E-state index in [9.17, 15) is 0 Å². The molecule has 0 radical (unpaired) electrons. The molecule has 0 unspecified atom stereocenters. The number of nitrogens with zero attached hydrogens (tertiary/aromatic N) is 3. The largest absolute Gasteiger partial charge is 0.403 e. The van der Waals surface area contributed by atoms with Crippen LogP contribution in [0.1, 0.15) is 11.1 Å². The van der Waals surface area contributed by atoms with Crippen molar-refractivity contribution in [3.05, 3.63) is 29.3 Å². The van der Waals surface area contributed by atoms with Crippen LogP contribution in [0.25, 0.3) is 11.5 Å². The van der Waals surface area contributed by atoms with Gasteiger partial charge in [-0.05, 0) is 25.5 Å². The standard InChI is InChI=1S/C12H15N3O/c1-8-5-6-10(9(2)7-8)11-13-14-12(16-11)15(3)4/h5-7H,1-4H3. The van der Waals surface area contributed by atoms with Crippen LogP contribution >= 0.6 is 0 Å². The van der Waals surface area contributed by atoms with Crippen LogP contribution in [-0.2, 0) is 0 Å². The van der Waals surface area contributed by atoms with Crippen molar-refractivity contribution in [2.45, 2.75) is 13.8 Å². The Morgan fingerprint density at radius 1 is 1.12 bits per heavy atom. The van der Waals surface area contributed by atoms with Crippen LogP contribution in [0.3, 0.4) is 0 Å². The molecule has 2 rings (SSSR count). The van der Waals surface area contributed by atoms with Crippen LogP contribution < -0.4 is 4.90 Å². The number of anilines is 1. The molecule has 4 nitrogen and oxygen atoms in total. The highest BCUT2D eigenvalue weighted by Gasteiger charge is 2.11. The van der Waals surface area contributed by atoms with Gasteiger partial charge in [-0.3, -0.25) is 0 Å². The highest BCUT2D eigenvalue weighted by atomic mass is 16.4. The zero-order valence-corrected chi connectivity index (χ0v) is 9.98. The molecule has 0 spiro atoms. The predicted molar refractivity (Wildman–Crippen MR) is 63.5 cm³/mol. The van der Waals surface area contributed by atoms with E-state index in [1.54, 1.807) is 4.90 Å². The molecule has 0 amide bonds. The summed E-state index contributed by atoms with van der Waals surface area (Å²) < 4.78 is 5.56. The van der Waals surface area contributed by atoms with Gasteiger partial charge in [0.1, 0.15) is 0 Å². The predicted octanol–water partition coefficient (Wildman–Crippen LogP) is 2.42. The third kappa shape index (κ3) is 1.91. The highest BCUT2D eigenvalue weighted by Crippen LogP contribution is 2.24. The molecule has 4 heteroatoms. The van der Waals surface area contributed by atoms with Crippen LogP contribution in [0.4, 0.5) is 6.01 Å². The fraction of sp³-hybridized carbons (Fsp3) is 0.333. The summed E-state index contributed by atoms with van der Waals surface area (Å²) in [4.78, 5) is 1.79. The Kier molecular flexibility index (Phi) is 2.64. The van der Waals surface area contributed by atoms with E-state index >= 15 is 0 Å². The second kappa shape index (κ2) is 3.96. The average molecular weight is 217 g/mol. The molecule has 1 aromatic carbocycles. The molecule has 16 heavy (non-hydrogen) atoms. The van der Waals surface area contributed by atoms with Crippen LogP contribution in [0.5, 0.6) is 0 Å². The van der Waals surface area contributed by atoms with Crippen LogP contribution in [-0.4, -0.2) is 24.3 Å². The van der Waals surface area contributed by atoms with Crippen molar-refractivity contribution >= 4 is 6.01 Å². The Balaban J connectivity index is 2.42. The minimum Gasteiger partial charge on any atom is -0.403 e. The third-order valence-corrected chi connectivity index (χ3v) is 2.41. The number of rotatable bonds is 2. The van der Waals surface area contributed by atoms with Crippen molar-refractivity contribution < 1.29 is 4.42 Å². The summed E-state index contributed by atoms with van der Waals surface area (Å²) in [7, 11) is 3.75. The molecule has 0 N–H and O–H groups in total. The summed E-state index contributed by atoms with van der Waals surface area (Å²) in [6, 6.07) is 6.68. The second-order valence-corrected chi connectivity index (χ2v) is 4.10. The summed E-state index contributed by atoms with van der Waals surface area (Å²) >= 11 is 0. The Morgan fingerprint density at radius 2 is 1.88 bits per heavy atom. The van der Waals surface area contributed by atoms with Crippen molar-refractivity contribution in [3.8, 4) is 11.5 Å². The summed E-state index contributed by atoms with van der Waals surface area (Å²) in [5.74, 6) is 0.571. The van der Waals surface area contributed by atoms with Gasteiger partial charge in [0.05, 0.1) is 0 Å². The fourth-order valence-corrected chi connectivity index (χ4v) is 1.56. The lowest BCUT2D eigenvalue weighted by Gasteiger charge is -2.04. The molecule has 0 aliphatic carbocycles. The molecule has 0 fully saturated rings. The lowest BCUT2D eigenvalue weighted by Crippen LogP contribution is -2.08. The lowest BCUT2D eigenvalue weighted by molar-refractivity contribution is 0.566. The van der Waals surface area contributed by atoms with E-state index < -0.39 is 0 Å². The second-order valence-electron chi connectivity index (χ2n) is 4.10. The van der Waals surface area contributed by atoms with Crippen molar-refractivity contribution in [3.63, 3.8) is 0 Å². The first-order valence-corrected chi connectivity index (χ1v) is 5.16. The van der Waals surface area contributed by atoms with E-state index in [1.807, 2.05) is 33.2 Å². The van der Waals surface area contributed by atoms with E-state index in [1.165, 1.54) is 5.56 Å². The Morgan fingerprint density at radius 3 is 2.44 bits per heavy atom. The number of aromatic nitrogens is 2. The summed E-state index contributed by atoms with van der Waals surface area (Å²) in [5, 5.41) is 8.00. The maximum Gasteiger partial charge on any atom is 0.317 e. The van der Waals surface area contributed by atoms with Gasteiger partial charge in [0.25, 0.3) is 0 Å². The Bertz CT molecular complexity index is 503. The van der Waals surface area contributed by atoms with Gasteiger partial charge in [0.15, 0.2) is 0 Å². The molecular formula is C12H15N3O. The number of hydrogen-bond donors (Lipinski definition) is 0. The van der Waals surface area contributed by atoms with Crippen LogP contribution in [0.15, 0.2) is 22.6 Å². The van der Waals surface area contributed by atoms with Crippen LogP contribution in [0, 0.1) is 13.8 Å². The van der Waals surface area contributed by atoms with E-state index in [-0.39, 0.29) is 0 Å². The monoisotopic (exact) mass is 217 g/mol. The Hall–Kier alpha value is -1.84. The minimum absolute atomic E-state index is 0.523. The van der Waals surface area contributed by atoms with E-state index in [4.69, 9.17) is 4.42 Å². The van der Waals surface area contributed by atoms with Crippen molar-refractivity contribution in [2.75, 3.05) is 19.0 Å². The Labute approximate surface area is 94.9 Å². The molecule has 84 valence electrons. The first-order chi connectivity index (χ1) is 7.58. The average Bonchev–Trinajstić information content (AvgIpc) is 2.66. The fourth-order valence-electron chi connectivity index (χ4n) is 1.56. The maximum atomic E-state index is 5.56. The topological polar surface area (TPSA) is 42.2 Å². The molecule has 0 saturated heterocycles. The smallest absolute Gasteiger partial charge is 0.317 e.